The van der Waals surface area contributed by atoms with Crippen LogP contribution in [0.2, 0.25) is 0 Å². The molecule has 0 saturated carbocycles. The van der Waals surface area contributed by atoms with Crippen LogP contribution in [-0.4, -0.2) is 27.0 Å². The molecule has 3 rings (SSSR count). The molecule has 1 unspecified atom stereocenters. The molecule has 114 valence electrons. The SMILES string of the molecule is Bc1cc(CC2Cc3ccccc3S2)c(C)cc1OCOC. The van der Waals surface area contributed by atoms with Crippen LogP contribution in [0, 0.1) is 6.92 Å². The fourth-order valence-corrected chi connectivity index (χ4v) is 4.31. The van der Waals surface area contributed by atoms with Crippen molar-refractivity contribution in [3.63, 3.8) is 0 Å². The molecule has 2 aromatic carbocycles. The molecule has 0 radical (unpaired) electrons. The fraction of sp³-hybridized carbons (Fsp3) is 0.333. The van der Waals surface area contributed by atoms with Crippen LogP contribution in [0.4, 0.5) is 0 Å². The average Bonchev–Trinajstić information content (AvgIpc) is 2.91. The highest BCUT2D eigenvalue weighted by Crippen LogP contribution is 2.38. The van der Waals surface area contributed by atoms with E-state index in [1.807, 2.05) is 11.8 Å². The van der Waals surface area contributed by atoms with Gasteiger partial charge in [0, 0.05) is 17.3 Å². The fourth-order valence-electron chi connectivity index (χ4n) is 2.96. The Bertz CT molecular complexity index is 647. The van der Waals surface area contributed by atoms with Crippen LogP contribution >= 0.6 is 11.8 Å². The zero-order chi connectivity index (χ0) is 15.5. The maximum Gasteiger partial charge on any atom is 0.188 e. The molecule has 1 aliphatic rings. The average molecular weight is 312 g/mol. The normalized spacial score (nSPS) is 16.5. The summed E-state index contributed by atoms with van der Waals surface area (Å²) in [6.07, 6.45) is 2.28. The zero-order valence-electron chi connectivity index (χ0n) is 13.4. The van der Waals surface area contributed by atoms with E-state index in [4.69, 9.17) is 9.47 Å². The number of ether oxygens (including phenoxy) is 2. The second kappa shape index (κ2) is 6.80. The van der Waals surface area contributed by atoms with Gasteiger partial charge in [-0.2, -0.15) is 0 Å². The van der Waals surface area contributed by atoms with Gasteiger partial charge in [0.15, 0.2) is 6.79 Å². The number of aryl methyl sites for hydroxylation is 1. The lowest BCUT2D eigenvalue weighted by molar-refractivity contribution is 0.0518. The molecule has 22 heavy (non-hydrogen) atoms. The van der Waals surface area contributed by atoms with E-state index in [1.165, 1.54) is 33.5 Å². The Morgan fingerprint density at radius 2 is 2.09 bits per heavy atom. The van der Waals surface area contributed by atoms with Crippen molar-refractivity contribution in [3.05, 3.63) is 53.1 Å². The maximum atomic E-state index is 5.61. The molecule has 0 spiro atoms. The highest BCUT2D eigenvalue weighted by atomic mass is 32.2. The molecule has 0 saturated heterocycles. The Balaban J connectivity index is 1.72. The lowest BCUT2D eigenvalue weighted by Gasteiger charge is -2.15. The molecule has 0 N–H and O–H groups in total. The molecule has 2 nitrogen and oxygen atoms in total. The van der Waals surface area contributed by atoms with Gasteiger partial charge in [0.2, 0.25) is 0 Å². The summed E-state index contributed by atoms with van der Waals surface area (Å²) in [7, 11) is 3.75. The van der Waals surface area contributed by atoms with E-state index >= 15 is 0 Å². The van der Waals surface area contributed by atoms with Crippen molar-refractivity contribution in [2.24, 2.45) is 0 Å². The van der Waals surface area contributed by atoms with Crippen molar-refractivity contribution in [1.82, 2.24) is 0 Å². The molecule has 1 atom stereocenters. The summed E-state index contributed by atoms with van der Waals surface area (Å²) >= 11 is 2.01. The van der Waals surface area contributed by atoms with Gasteiger partial charge in [0.05, 0.1) is 0 Å². The van der Waals surface area contributed by atoms with Crippen LogP contribution < -0.4 is 10.2 Å². The zero-order valence-corrected chi connectivity index (χ0v) is 14.2. The van der Waals surface area contributed by atoms with E-state index in [-0.39, 0.29) is 0 Å². The summed E-state index contributed by atoms with van der Waals surface area (Å²) in [5, 5.41) is 0.640. The molecule has 0 fully saturated rings. The quantitative estimate of drug-likeness (QED) is 0.624. The second-order valence-corrected chi connectivity index (χ2v) is 7.19. The molecule has 4 heteroatoms. The summed E-state index contributed by atoms with van der Waals surface area (Å²) in [5.74, 6) is 0.922. The first-order chi connectivity index (χ1) is 10.7. The predicted molar refractivity (Wildman–Crippen MR) is 95.4 cm³/mol. The minimum absolute atomic E-state index is 0.299. The number of fused-ring (bicyclic) bond motifs is 1. The monoisotopic (exact) mass is 312 g/mol. The first-order valence-corrected chi connectivity index (χ1v) is 8.51. The van der Waals surface area contributed by atoms with E-state index in [9.17, 15) is 0 Å². The summed E-state index contributed by atoms with van der Waals surface area (Å²) in [5.41, 5.74) is 5.39. The molecule has 0 bridgehead atoms. The topological polar surface area (TPSA) is 18.5 Å². The third-order valence-corrected chi connectivity index (χ3v) is 5.45. The van der Waals surface area contributed by atoms with Gasteiger partial charge in [-0.15, -0.1) is 11.8 Å². The number of hydrogen-bond donors (Lipinski definition) is 0. The Hall–Kier alpha value is -1.39. The molecule has 0 aromatic heterocycles. The van der Waals surface area contributed by atoms with Gasteiger partial charge in [-0.05, 0) is 54.1 Å². The van der Waals surface area contributed by atoms with Crippen molar-refractivity contribution >= 4 is 25.1 Å². The van der Waals surface area contributed by atoms with Gasteiger partial charge in [-0.3, -0.25) is 0 Å². The van der Waals surface area contributed by atoms with Crippen LogP contribution in [-0.2, 0) is 17.6 Å². The number of benzene rings is 2. The lowest BCUT2D eigenvalue weighted by atomic mass is 9.89. The molecular formula is C18H21BO2S. The largest absolute Gasteiger partial charge is 0.468 e. The smallest absolute Gasteiger partial charge is 0.188 e. The summed E-state index contributed by atoms with van der Waals surface area (Å²) in [4.78, 5) is 1.45. The number of methoxy groups -OCH3 is 1. The van der Waals surface area contributed by atoms with E-state index < -0.39 is 0 Å². The van der Waals surface area contributed by atoms with Crippen molar-refractivity contribution < 1.29 is 9.47 Å². The van der Waals surface area contributed by atoms with E-state index in [0.717, 1.165) is 12.2 Å². The van der Waals surface area contributed by atoms with Gasteiger partial charge in [0.1, 0.15) is 13.6 Å². The van der Waals surface area contributed by atoms with Crippen molar-refractivity contribution in [2.75, 3.05) is 13.9 Å². The molecule has 2 aromatic rings. The molecule has 0 amide bonds. The third kappa shape index (κ3) is 3.34. The Kier molecular flexibility index (Phi) is 4.79. The van der Waals surface area contributed by atoms with E-state index in [0.29, 0.717) is 12.0 Å². The highest BCUT2D eigenvalue weighted by Gasteiger charge is 2.22. The predicted octanol–water partition coefficient (Wildman–Crippen LogP) is 2.50. The van der Waals surface area contributed by atoms with Gasteiger partial charge < -0.3 is 9.47 Å². The Morgan fingerprint density at radius 1 is 1.27 bits per heavy atom. The first-order valence-electron chi connectivity index (χ1n) is 7.64. The summed E-state index contributed by atoms with van der Waals surface area (Å²) in [6, 6.07) is 13.2. The van der Waals surface area contributed by atoms with Crippen LogP contribution in [0.5, 0.6) is 5.75 Å². The van der Waals surface area contributed by atoms with Crippen LogP contribution in [0.15, 0.2) is 41.3 Å². The van der Waals surface area contributed by atoms with Crippen molar-refractivity contribution in [1.29, 1.82) is 0 Å². The summed E-state index contributed by atoms with van der Waals surface area (Å²) in [6.45, 7) is 2.47. The van der Waals surface area contributed by atoms with E-state index in [2.05, 4.69) is 51.2 Å². The van der Waals surface area contributed by atoms with Gasteiger partial charge in [-0.1, -0.05) is 24.3 Å². The van der Waals surface area contributed by atoms with Gasteiger partial charge >= 0.3 is 0 Å². The molecule has 0 aliphatic carbocycles. The van der Waals surface area contributed by atoms with Gasteiger partial charge in [0.25, 0.3) is 0 Å². The maximum absolute atomic E-state index is 5.61. The molecular weight excluding hydrogens is 291 g/mol. The van der Waals surface area contributed by atoms with Crippen LogP contribution in [0.3, 0.4) is 0 Å². The first kappa shape index (κ1) is 15.5. The van der Waals surface area contributed by atoms with Crippen LogP contribution in [0.25, 0.3) is 0 Å². The minimum Gasteiger partial charge on any atom is -0.468 e. The molecule has 1 aliphatic heterocycles. The highest BCUT2D eigenvalue weighted by molar-refractivity contribution is 8.00. The Morgan fingerprint density at radius 3 is 2.86 bits per heavy atom. The molecule has 1 heterocycles. The number of rotatable bonds is 5. The lowest BCUT2D eigenvalue weighted by Crippen LogP contribution is -2.15. The number of thioether (sulfide) groups is 1. The Labute approximate surface area is 137 Å². The number of hydrogen-bond acceptors (Lipinski definition) is 3. The van der Waals surface area contributed by atoms with Crippen LogP contribution in [0.1, 0.15) is 16.7 Å². The second-order valence-electron chi connectivity index (χ2n) is 5.85. The van der Waals surface area contributed by atoms with E-state index in [1.54, 1.807) is 7.11 Å². The van der Waals surface area contributed by atoms with Crippen molar-refractivity contribution in [3.8, 4) is 5.75 Å². The van der Waals surface area contributed by atoms with Gasteiger partial charge in [-0.25, -0.2) is 0 Å². The summed E-state index contributed by atoms with van der Waals surface area (Å²) < 4.78 is 10.6. The minimum atomic E-state index is 0.299. The third-order valence-electron chi connectivity index (χ3n) is 4.13. The standard InChI is InChI=1S/C18H21BO2S/c1-12-7-17(21-11-20-2)16(19)10-14(12)9-15-8-13-5-3-4-6-18(13)22-15/h3-7,10,15H,8-9,11,19H2,1-2H3. The van der Waals surface area contributed by atoms with Crippen molar-refractivity contribution in [2.45, 2.75) is 29.9 Å².